The molecule has 1 heterocycles. The highest BCUT2D eigenvalue weighted by Gasteiger charge is 2.64. The third-order valence-corrected chi connectivity index (χ3v) is 2.94. The molecule has 1 N–H and O–H groups in total. The van der Waals surface area contributed by atoms with Crippen LogP contribution in [-0.4, -0.2) is 11.1 Å². The fourth-order valence-corrected chi connectivity index (χ4v) is 2.10. The molecule has 70 valence electrons. The minimum Gasteiger partial charge on any atom is -0.481 e. The lowest BCUT2D eigenvalue weighted by Gasteiger charge is -1.97. The molecule has 0 spiro atoms. The van der Waals surface area contributed by atoms with Crippen LogP contribution in [0.15, 0.2) is 22.8 Å². The first kappa shape index (κ1) is 8.35. The molecule has 2 unspecified atom stereocenters. The molecule has 1 aromatic rings. The number of carbonyl (C=O) groups is 1. The Hall–Kier alpha value is -1.25. The Bertz CT molecular complexity index is 324. The summed E-state index contributed by atoms with van der Waals surface area (Å²) in [6, 6.07) is 3.64. The Morgan fingerprint density at radius 2 is 2.31 bits per heavy atom. The van der Waals surface area contributed by atoms with Crippen LogP contribution in [0.25, 0.3) is 0 Å². The van der Waals surface area contributed by atoms with Crippen molar-refractivity contribution < 1.29 is 14.3 Å². The average Bonchev–Trinajstić information content (AvgIpc) is 2.50. The van der Waals surface area contributed by atoms with Gasteiger partial charge in [-0.15, -0.1) is 0 Å². The van der Waals surface area contributed by atoms with Gasteiger partial charge in [-0.2, -0.15) is 0 Å². The molecule has 1 fully saturated rings. The van der Waals surface area contributed by atoms with E-state index in [0.29, 0.717) is 0 Å². The number of hydrogen-bond acceptors (Lipinski definition) is 2. The van der Waals surface area contributed by atoms with E-state index in [1.807, 2.05) is 19.9 Å². The standard InChI is InChI=1S/C10H12O3/c1-10(2)7(8(10)9(11)12)6-4-3-5-13-6/h3-5,7-8H,1-2H3,(H,11,12). The topological polar surface area (TPSA) is 50.4 Å². The van der Waals surface area contributed by atoms with E-state index in [1.54, 1.807) is 12.3 Å². The maximum atomic E-state index is 10.8. The summed E-state index contributed by atoms with van der Waals surface area (Å²) < 4.78 is 5.21. The number of carboxylic acid groups (broad SMARTS) is 1. The summed E-state index contributed by atoms with van der Waals surface area (Å²) in [4.78, 5) is 10.8. The van der Waals surface area contributed by atoms with Gasteiger partial charge in [0.1, 0.15) is 5.76 Å². The van der Waals surface area contributed by atoms with Gasteiger partial charge < -0.3 is 9.52 Å². The van der Waals surface area contributed by atoms with Crippen molar-refractivity contribution in [2.24, 2.45) is 11.3 Å². The summed E-state index contributed by atoms with van der Waals surface area (Å²) in [5, 5.41) is 8.92. The SMILES string of the molecule is CC1(C)C(C(=O)O)C1c1ccco1. The van der Waals surface area contributed by atoms with Crippen molar-refractivity contribution in [3.05, 3.63) is 24.2 Å². The van der Waals surface area contributed by atoms with E-state index in [1.165, 1.54) is 0 Å². The zero-order valence-electron chi connectivity index (χ0n) is 7.65. The second-order valence-corrected chi connectivity index (χ2v) is 4.13. The maximum Gasteiger partial charge on any atom is 0.307 e. The highest BCUT2D eigenvalue weighted by atomic mass is 16.4. The van der Waals surface area contributed by atoms with Crippen LogP contribution in [0.5, 0.6) is 0 Å². The first-order valence-electron chi connectivity index (χ1n) is 4.31. The molecule has 0 amide bonds. The van der Waals surface area contributed by atoms with Crippen LogP contribution in [0, 0.1) is 11.3 Å². The maximum absolute atomic E-state index is 10.8. The fourth-order valence-electron chi connectivity index (χ4n) is 2.10. The van der Waals surface area contributed by atoms with Gasteiger partial charge in [0.05, 0.1) is 12.2 Å². The van der Waals surface area contributed by atoms with Crippen LogP contribution in [0.3, 0.4) is 0 Å². The molecule has 0 aliphatic heterocycles. The summed E-state index contributed by atoms with van der Waals surface area (Å²) >= 11 is 0. The van der Waals surface area contributed by atoms with E-state index in [4.69, 9.17) is 9.52 Å². The molecule has 1 saturated carbocycles. The molecule has 3 heteroatoms. The summed E-state index contributed by atoms with van der Waals surface area (Å²) in [5.74, 6) is -0.192. The molecule has 13 heavy (non-hydrogen) atoms. The summed E-state index contributed by atoms with van der Waals surface area (Å²) in [5.41, 5.74) is -0.163. The lowest BCUT2D eigenvalue weighted by atomic mass is 10.1. The summed E-state index contributed by atoms with van der Waals surface area (Å²) in [7, 11) is 0. The van der Waals surface area contributed by atoms with Gasteiger partial charge in [-0.1, -0.05) is 13.8 Å². The molecular formula is C10H12O3. The molecule has 0 radical (unpaired) electrons. The average molecular weight is 180 g/mol. The van der Waals surface area contributed by atoms with Crippen LogP contribution >= 0.6 is 0 Å². The first-order chi connectivity index (χ1) is 6.05. The predicted octanol–water partition coefficient (Wildman–Crippen LogP) is 2.10. The van der Waals surface area contributed by atoms with Gasteiger partial charge in [-0.25, -0.2) is 0 Å². The molecular weight excluding hydrogens is 168 g/mol. The Labute approximate surface area is 76.4 Å². The van der Waals surface area contributed by atoms with Crippen molar-refractivity contribution in [3.8, 4) is 0 Å². The van der Waals surface area contributed by atoms with Crippen molar-refractivity contribution >= 4 is 5.97 Å². The van der Waals surface area contributed by atoms with Crippen LogP contribution in [0.1, 0.15) is 25.5 Å². The predicted molar refractivity (Wildman–Crippen MR) is 46.4 cm³/mol. The quantitative estimate of drug-likeness (QED) is 0.758. The lowest BCUT2D eigenvalue weighted by Crippen LogP contribution is -2.02. The van der Waals surface area contributed by atoms with Crippen molar-refractivity contribution in [1.29, 1.82) is 0 Å². The Kier molecular flexibility index (Phi) is 1.53. The highest BCUT2D eigenvalue weighted by molar-refractivity contribution is 5.77. The lowest BCUT2D eigenvalue weighted by molar-refractivity contribution is -0.139. The smallest absolute Gasteiger partial charge is 0.307 e. The third kappa shape index (κ3) is 1.07. The number of rotatable bonds is 2. The van der Waals surface area contributed by atoms with Gasteiger partial charge in [-0.05, 0) is 17.5 Å². The van der Waals surface area contributed by atoms with E-state index in [2.05, 4.69) is 0 Å². The van der Waals surface area contributed by atoms with Gasteiger partial charge in [0.2, 0.25) is 0 Å². The molecule has 0 bridgehead atoms. The van der Waals surface area contributed by atoms with Crippen LogP contribution < -0.4 is 0 Å². The van der Waals surface area contributed by atoms with E-state index in [0.717, 1.165) is 5.76 Å². The molecule has 2 atom stereocenters. The van der Waals surface area contributed by atoms with E-state index in [9.17, 15) is 4.79 Å². The first-order valence-corrected chi connectivity index (χ1v) is 4.31. The molecule has 1 aromatic heterocycles. The Morgan fingerprint density at radius 1 is 1.62 bits per heavy atom. The zero-order valence-corrected chi connectivity index (χ0v) is 7.65. The third-order valence-electron chi connectivity index (χ3n) is 2.94. The van der Waals surface area contributed by atoms with Gasteiger partial charge in [0, 0.05) is 5.92 Å². The molecule has 3 nitrogen and oxygen atoms in total. The molecule has 1 aliphatic carbocycles. The zero-order chi connectivity index (χ0) is 9.64. The van der Waals surface area contributed by atoms with Crippen LogP contribution in [0.2, 0.25) is 0 Å². The van der Waals surface area contributed by atoms with Crippen LogP contribution in [0.4, 0.5) is 0 Å². The monoisotopic (exact) mass is 180 g/mol. The highest BCUT2D eigenvalue weighted by Crippen LogP contribution is 2.64. The normalized spacial score (nSPS) is 30.0. The molecule has 0 saturated heterocycles. The van der Waals surface area contributed by atoms with Crippen molar-refractivity contribution in [1.82, 2.24) is 0 Å². The van der Waals surface area contributed by atoms with Gasteiger partial charge in [0.15, 0.2) is 0 Å². The largest absolute Gasteiger partial charge is 0.481 e. The van der Waals surface area contributed by atoms with Gasteiger partial charge in [0.25, 0.3) is 0 Å². The van der Waals surface area contributed by atoms with Gasteiger partial charge >= 0.3 is 5.97 Å². The number of furan rings is 1. The summed E-state index contributed by atoms with van der Waals surface area (Å²) in [6.45, 7) is 3.91. The van der Waals surface area contributed by atoms with Gasteiger partial charge in [-0.3, -0.25) is 4.79 Å². The van der Waals surface area contributed by atoms with E-state index in [-0.39, 0.29) is 17.3 Å². The number of aliphatic carboxylic acids is 1. The molecule has 2 rings (SSSR count). The second-order valence-electron chi connectivity index (χ2n) is 4.13. The minimum atomic E-state index is -0.730. The van der Waals surface area contributed by atoms with E-state index >= 15 is 0 Å². The number of hydrogen-bond donors (Lipinski definition) is 1. The fraction of sp³-hybridized carbons (Fsp3) is 0.500. The Morgan fingerprint density at radius 3 is 2.69 bits per heavy atom. The molecule has 0 aromatic carbocycles. The van der Waals surface area contributed by atoms with E-state index < -0.39 is 5.97 Å². The van der Waals surface area contributed by atoms with Crippen molar-refractivity contribution in [2.45, 2.75) is 19.8 Å². The van der Waals surface area contributed by atoms with Crippen LogP contribution in [-0.2, 0) is 4.79 Å². The number of carboxylic acids is 1. The minimum absolute atomic E-state index is 0.0417. The summed E-state index contributed by atoms with van der Waals surface area (Å²) in [6.07, 6.45) is 1.59. The second kappa shape index (κ2) is 2.37. The molecule has 1 aliphatic rings. The van der Waals surface area contributed by atoms with Crippen molar-refractivity contribution in [2.75, 3.05) is 0 Å². The van der Waals surface area contributed by atoms with Crippen molar-refractivity contribution in [3.63, 3.8) is 0 Å². The Balaban J connectivity index is 2.25.